The first-order valence-corrected chi connectivity index (χ1v) is 9.05. The molecule has 0 saturated heterocycles. The number of carbonyl (C=O) groups excluding carboxylic acids is 1. The molecule has 2 fully saturated rings. The van der Waals surface area contributed by atoms with Crippen LogP contribution in [0.2, 0.25) is 0 Å². The summed E-state index contributed by atoms with van der Waals surface area (Å²) in [5.74, 6) is 0.450. The van der Waals surface area contributed by atoms with E-state index in [2.05, 4.69) is 16.8 Å². The minimum absolute atomic E-state index is 0.0523. The van der Waals surface area contributed by atoms with Crippen molar-refractivity contribution in [1.29, 1.82) is 0 Å². The molecule has 0 aliphatic heterocycles. The Morgan fingerprint density at radius 2 is 1.96 bits per heavy atom. The summed E-state index contributed by atoms with van der Waals surface area (Å²) in [5.41, 5.74) is 1.37. The molecule has 1 aromatic heterocycles. The zero-order chi connectivity index (χ0) is 16.0. The van der Waals surface area contributed by atoms with E-state index in [1.807, 2.05) is 5.38 Å². The Kier molecular flexibility index (Phi) is 3.68. The molecule has 1 aromatic carbocycles. The molecule has 23 heavy (non-hydrogen) atoms. The van der Waals surface area contributed by atoms with Crippen molar-refractivity contribution in [3.63, 3.8) is 0 Å². The van der Waals surface area contributed by atoms with Gasteiger partial charge in [0.1, 0.15) is 16.5 Å². The van der Waals surface area contributed by atoms with Crippen molar-refractivity contribution in [2.24, 2.45) is 5.92 Å². The van der Waals surface area contributed by atoms with E-state index in [-0.39, 0.29) is 11.7 Å². The van der Waals surface area contributed by atoms with E-state index in [1.165, 1.54) is 36.3 Å². The van der Waals surface area contributed by atoms with Gasteiger partial charge in [-0.15, -0.1) is 11.3 Å². The number of hydrogen-bond donors (Lipinski definition) is 0. The molecule has 120 valence electrons. The minimum Gasteiger partial charge on any atom is -0.331 e. The lowest BCUT2D eigenvalue weighted by Crippen LogP contribution is -2.41. The zero-order valence-corrected chi connectivity index (χ0v) is 13.9. The van der Waals surface area contributed by atoms with Crippen LogP contribution in [0.1, 0.15) is 43.1 Å². The fourth-order valence-electron chi connectivity index (χ4n) is 3.07. The Labute approximate surface area is 139 Å². The highest BCUT2D eigenvalue weighted by atomic mass is 32.1. The Morgan fingerprint density at radius 3 is 2.57 bits per heavy atom. The third kappa shape index (κ3) is 3.02. The SMILES string of the molecule is CC(C1CC1)N(C(=O)c1csc(-c2ccc(F)cc2)n1)C1CC1. The molecule has 1 atom stereocenters. The average Bonchev–Trinajstić information content (AvgIpc) is 3.47. The molecule has 2 aliphatic rings. The normalized spacial score (nSPS) is 18.7. The summed E-state index contributed by atoms with van der Waals surface area (Å²) in [6.07, 6.45) is 4.68. The Bertz CT molecular complexity index is 719. The molecular formula is C18H19FN2OS. The molecule has 0 radical (unpaired) electrons. The van der Waals surface area contributed by atoms with Crippen LogP contribution in [-0.2, 0) is 0 Å². The molecule has 0 bridgehead atoms. The van der Waals surface area contributed by atoms with Crippen molar-refractivity contribution in [3.8, 4) is 10.6 Å². The molecular weight excluding hydrogens is 311 g/mol. The van der Waals surface area contributed by atoms with E-state index in [0.29, 0.717) is 23.7 Å². The smallest absolute Gasteiger partial charge is 0.273 e. The van der Waals surface area contributed by atoms with Crippen molar-refractivity contribution in [3.05, 3.63) is 41.2 Å². The molecule has 3 nitrogen and oxygen atoms in total. The summed E-state index contributed by atoms with van der Waals surface area (Å²) in [6, 6.07) is 6.95. The summed E-state index contributed by atoms with van der Waals surface area (Å²) < 4.78 is 13.0. The van der Waals surface area contributed by atoms with Crippen LogP contribution in [0, 0.1) is 11.7 Å². The highest BCUT2D eigenvalue weighted by Crippen LogP contribution is 2.40. The van der Waals surface area contributed by atoms with Crippen molar-refractivity contribution >= 4 is 17.2 Å². The lowest BCUT2D eigenvalue weighted by Gasteiger charge is -2.28. The van der Waals surface area contributed by atoms with Gasteiger partial charge in [0.25, 0.3) is 5.91 Å². The second-order valence-corrected chi connectivity index (χ2v) is 7.42. The van der Waals surface area contributed by atoms with E-state index in [1.54, 1.807) is 12.1 Å². The van der Waals surface area contributed by atoms with Gasteiger partial charge in [-0.25, -0.2) is 9.37 Å². The van der Waals surface area contributed by atoms with Gasteiger partial charge in [-0.2, -0.15) is 0 Å². The molecule has 2 aromatic rings. The van der Waals surface area contributed by atoms with Crippen LogP contribution in [0.15, 0.2) is 29.6 Å². The summed E-state index contributed by atoms with van der Waals surface area (Å²) in [7, 11) is 0. The van der Waals surface area contributed by atoms with Crippen molar-refractivity contribution in [1.82, 2.24) is 9.88 Å². The maximum absolute atomic E-state index is 13.0. The lowest BCUT2D eigenvalue weighted by molar-refractivity contribution is 0.0649. The number of hydrogen-bond acceptors (Lipinski definition) is 3. The first kappa shape index (κ1) is 14.8. The quantitative estimate of drug-likeness (QED) is 0.816. The number of carbonyl (C=O) groups is 1. The number of amides is 1. The molecule has 5 heteroatoms. The van der Waals surface area contributed by atoms with Gasteiger partial charge in [0.2, 0.25) is 0 Å². The van der Waals surface area contributed by atoms with Crippen LogP contribution >= 0.6 is 11.3 Å². The fourth-order valence-corrected chi connectivity index (χ4v) is 3.87. The summed E-state index contributed by atoms with van der Waals surface area (Å²) in [5, 5.41) is 2.60. The lowest BCUT2D eigenvalue weighted by atomic mass is 10.1. The number of aromatic nitrogens is 1. The van der Waals surface area contributed by atoms with Crippen LogP contribution in [0.5, 0.6) is 0 Å². The largest absolute Gasteiger partial charge is 0.331 e. The highest BCUT2D eigenvalue weighted by Gasteiger charge is 2.42. The van der Waals surface area contributed by atoms with Crippen LogP contribution in [0.3, 0.4) is 0 Å². The van der Waals surface area contributed by atoms with Gasteiger partial charge in [0.15, 0.2) is 0 Å². The molecule has 4 rings (SSSR count). The maximum Gasteiger partial charge on any atom is 0.273 e. The third-order valence-corrected chi connectivity index (χ3v) is 5.62. The summed E-state index contributed by atoms with van der Waals surface area (Å²) >= 11 is 1.44. The topological polar surface area (TPSA) is 33.2 Å². The first-order chi connectivity index (χ1) is 11.1. The monoisotopic (exact) mass is 330 g/mol. The Hall–Kier alpha value is -1.75. The first-order valence-electron chi connectivity index (χ1n) is 8.17. The number of nitrogens with zero attached hydrogens (tertiary/aromatic N) is 2. The van der Waals surface area contributed by atoms with E-state index < -0.39 is 0 Å². The number of rotatable bonds is 5. The Balaban J connectivity index is 1.57. The third-order valence-electron chi connectivity index (χ3n) is 4.73. The van der Waals surface area contributed by atoms with Gasteiger partial charge in [-0.1, -0.05) is 0 Å². The number of halogens is 1. The molecule has 1 unspecified atom stereocenters. The van der Waals surface area contributed by atoms with Gasteiger partial charge < -0.3 is 4.90 Å². The van der Waals surface area contributed by atoms with Crippen LogP contribution in [0.4, 0.5) is 4.39 Å². The average molecular weight is 330 g/mol. The van der Waals surface area contributed by atoms with Crippen molar-refractivity contribution in [2.45, 2.75) is 44.7 Å². The second-order valence-electron chi connectivity index (χ2n) is 6.57. The van der Waals surface area contributed by atoms with E-state index in [4.69, 9.17) is 0 Å². The van der Waals surface area contributed by atoms with E-state index in [0.717, 1.165) is 23.4 Å². The number of thiazole rings is 1. The van der Waals surface area contributed by atoms with Gasteiger partial charge in [0, 0.05) is 23.0 Å². The molecule has 2 saturated carbocycles. The molecule has 1 heterocycles. The van der Waals surface area contributed by atoms with Crippen LogP contribution in [0.25, 0.3) is 10.6 Å². The summed E-state index contributed by atoms with van der Waals surface area (Å²) in [6.45, 7) is 2.17. The van der Waals surface area contributed by atoms with Gasteiger partial charge >= 0.3 is 0 Å². The van der Waals surface area contributed by atoms with Gasteiger partial charge in [-0.05, 0) is 62.8 Å². The molecule has 0 spiro atoms. The van der Waals surface area contributed by atoms with Crippen molar-refractivity contribution in [2.75, 3.05) is 0 Å². The highest BCUT2D eigenvalue weighted by molar-refractivity contribution is 7.13. The maximum atomic E-state index is 13.0. The molecule has 2 aliphatic carbocycles. The zero-order valence-electron chi connectivity index (χ0n) is 13.0. The number of benzene rings is 1. The van der Waals surface area contributed by atoms with Crippen LogP contribution < -0.4 is 0 Å². The van der Waals surface area contributed by atoms with Crippen molar-refractivity contribution < 1.29 is 9.18 Å². The van der Waals surface area contributed by atoms with Crippen LogP contribution in [-0.4, -0.2) is 27.9 Å². The van der Waals surface area contributed by atoms with Gasteiger partial charge in [-0.3, -0.25) is 4.79 Å². The van der Waals surface area contributed by atoms with E-state index in [9.17, 15) is 9.18 Å². The fraction of sp³-hybridized carbons (Fsp3) is 0.444. The van der Waals surface area contributed by atoms with E-state index >= 15 is 0 Å². The minimum atomic E-state index is -0.264. The predicted molar refractivity (Wildman–Crippen MR) is 88.9 cm³/mol. The molecule has 0 N–H and O–H groups in total. The standard InChI is InChI=1S/C18H19FN2OS/c1-11(12-2-3-12)21(15-8-9-15)18(22)16-10-23-17(20-16)13-4-6-14(19)7-5-13/h4-7,10-12,15H,2-3,8-9H2,1H3. The Morgan fingerprint density at radius 1 is 1.26 bits per heavy atom. The molecule has 1 amide bonds. The van der Waals surface area contributed by atoms with Gasteiger partial charge in [0.05, 0.1) is 0 Å². The summed E-state index contributed by atoms with van der Waals surface area (Å²) in [4.78, 5) is 19.5. The second kappa shape index (κ2) is 5.71. The predicted octanol–water partition coefficient (Wildman–Crippen LogP) is 4.35.